The smallest absolute Gasteiger partial charge is 0.255 e. The molecule has 0 spiro atoms. The predicted molar refractivity (Wildman–Crippen MR) is 71.9 cm³/mol. The van der Waals surface area contributed by atoms with Crippen molar-refractivity contribution in [2.75, 3.05) is 12.4 Å². The van der Waals surface area contributed by atoms with Gasteiger partial charge in [-0.3, -0.25) is 9.78 Å². The number of halogens is 2. The van der Waals surface area contributed by atoms with Crippen LogP contribution in [0, 0.1) is 0 Å². The van der Waals surface area contributed by atoms with Gasteiger partial charge in [0.25, 0.3) is 5.91 Å². The van der Waals surface area contributed by atoms with Crippen molar-refractivity contribution in [1.82, 2.24) is 9.88 Å². The van der Waals surface area contributed by atoms with E-state index in [0.29, 0.717) is 5.56 Å². The summed E-state index contributed by atoms with van der Waals surface area (Å²) in [6, 6.07) is 1.77. The van der Waals surface area contributed by atoms with E-state index in [0.717, 1.165) is 9.80 Å². The number of amides is 1. The molecular formula is C11H14Br2N2O. The second kappa shape index (κ2) is 5.27. The normalized spacial score (nSPS) is 11.3. The second-order valence-electron chi connectivity index (χ2n) is 4.20. The number of hydrogen-bond donors (Lipinski definition) is 0. The lowest BCUT2D eigenvalue weighted by Gasteiger charge is -2.34. The van der Waals surface area contributed by atoms with Crippen LogP contribution in [0.25, 0.3) is 0 Å². The number of rotatable bonds is 3. The van der Waals surface area contributed by atoms with Crippen LogP contribution in [0.2, 0.25) is 0 Å². The van der Waals surface area contributed by atoms with Gasteiger partial charge in [0.15, 0.2) is 0 Å². The standard InChI is InChI=1S/C11H14Br2N2O/c1-11(2,7-12)15(3)10(16)8-4-9(13)6-14-5-8/h4-6H,7H2,1-3H3. The highest BCUT2D eigenvalue weighted by Gasteiger charge is 2.27. The van der Waals surface area contributed by atoms with E-state index in [1.165, 1.54) is 0 Å². The molecule has 0 saturated carbocycles. The minimum Gasteiger partial charge on any atom is -0.336 e. The minimum absolute atomic E-state index is 0.0294. The first-order valence-corrected chi connectivity index (χ1v) is 6.74. The van der Waals surface area contributed by atoms with Crippen LogP contribution in [-0.2, 0) is 0 Å². The van der Waals surface area contributed by atoms with Crippen LogP contribution in [0.1, 0.15) is 24.2 Å². The van der Waals surface area contributed by atoms with E-state index in [1.54, 1.807) is 30.4 Å². The molecule has 3 nitrogen and oxygen atoms in total. The van der Waals surface area contributed by atoms with Crippen LogP contribution >= 0.6 is 31.9 Å². The zero-order chi connectivity index (χ0) is 12.3. The predicted octanol–water partition coefficient (Wildman–Crippen LogP) is 3.09. The van der Waals surface area contributed by atoms with Gasteiger partial charge in [0.2, 0.25) is 0 Å². The fraction of sp³-hybridized carbons (Fsp3) is 0.455. The quantitative estimate of drug-likeness (QED) is 0.785. The van der Waals surface area contributed by atoms with Gasteiger partial charge in [0.1, 0.15) is 0 Å². The van der Waals surface area contributed by atoms with Gasteiger partial charge in [0, 0.05) is 34.8 Å². The zero-order valence-corrected chi connectivity index (χ0v) is 12.7. The van der Waals surface area contributed by atoms with E-state index in [1.807, 2.05) is 13.8 Å². The highest BCUT2D eigenvalue weighted by atomic mass is 79.9. The molecule has 0 aliphatic carbocycles. The molecule has 0 saturated heterocycles. The summed E-state index contributed by atoms with van der Waals surface area (Å²) in [4.78, 5) is 17.8. The lowest BCUT2D eigenvalue weighted by molar-refractivity contribution is 0.0663. The number of pyridine rings is 1. The summed E-state index contributed by atoms with van der Waals surface area (Å²) in [7, 11) is 1.80. The molecule has 0 N–H and O–H groups in total. The fourth-order valence-corrected chi connectivity index (χ4v) is 1.83. The molecule has 88 valence electrons. The van der Waals surface area contributed by atoms with E-state index in [9.17, 15) is 4.79 Å². The number of nitrogens with zero attached hydrogens (tertiary/aromatic N) is 2. The lowest BCUT2D eigenvalue weighted by Crippen LogP contribution is -2.46. The molecule has 1 aromatic rings. The maximum Gasteiger partial charge on any atom is 0.255 e. The molecule has 0 bridgehead atoms. The molecule has 1 aromatic heterocycles. The highest BCUT2D eigenvalue weighted by Crippen LogP contribution is 2.19. The maximum absolute atomic E-state index is 12.1. The van der Waals surface area contributed by atoms with E-state index < -0.39 is 0 Å². The summed E-state index contributed by atoms with van der Waals surface area (Å²) < 4.78 is 0.809. The Kier molecular flexibility index (Phi) is 4.50. The summed E-state index contributed by atoms with van der Waals surface area (Å²) in [5.74, 6) is -0.0294. The Hall–Kier alpha value is -0.420. The van der Waals surface area contributed by atoms with Crippen LogP contribution in [-0.4, -0.2) is 33.7 Å². The Morgan fingerprint density at radius 3 is 2.62 bits per heavy atom. The largest absolute Gasteiger partial charge is 0.336 e. The van der Waals surface area contributed by atoms with Crippen LogP contribution in [0.3, 0.4) is 0 Å². The first-order chi connectivity index (χ1) is 7.38. The minimum atomic E-state index is -0.223. The molecule has 1 heterocycles. The summed E-state index contributed by atoms with van der Waals surface area (Å²) in [6.45, 7) is 4.01. The fourth-order valence-electron chi connectivity index (χ4n) is 1.09. The summed E-state index contributed by atoms with van der Waals surface area (Å²) in [6.07, 6.45) is 3.24. The third kappa shape index (κ3) is 3.04. The summed E-state index contributed by atoms with van der Waals surface area (Å²) >= 11 is 6.71. The van der Waals surface area contributed by atoms with Crippen molar-refractivity contribution in [3.63, 3.8) is 0 Å². The third-order valence-corrected chi connectivity index (χ3v) is 4.30. The highest BCUT2D eigenvalue weighted by molar-refractivity contribution is 9.10. The Labute approximate surface area is 112 Å². The molecule has 1 amide bonds. The van der Waals surface area contributed by atoms with Crippen molar-refractivity contribution in [2.24, 2.45) is 0 Å². The summed E-state index contributed by atoms with van der Waals surface area (Å²) in [5.41, 5.74) is 0.366. The average Bonchev–Trinajstić information content (AvgIpc) is 2.27. The third-order valence-electron chi connectivity index (χ3n) is 2.49. The van der Waals surface area contributed by atoms with Crippen LogP contribution in [0.15, 0.2) is 22.9 Å². The van der Waals surface area contributed by atoms with Gasteiger partial charge in [-0.05, 0) is 35.8 Å². The molecule has 0 unspecified atom stereocenters. The molecule has 0 aliphatic heterocycles. The number of alkyl halides is 1. The van der Waals surface area contributed by atoms with Gasteiger partial charge in [-0.2, -0.15) is 0 Å². The SMILES string of the molecule is CN(C(=O)c1cncc(Br)c1)C(C)(C)CBr. The van der Waals surface area contributed by atoms with Gasteiger partial charge in [-0.15, -0.1) is 0 Å². The average molecular weight is 350 g/mol. The van der Waals surface area contributed by atoms with Crippen molar-refractivity contribution in [2.45, 2.75) is 19.4 Å². The van der Waals surface area contributed by atoms with Crippen molar-refractivity contribution >= 4 is 37.8 Å². The van der Waals surface area contributed by atoms with E-state index >= 15 is 0 Å². The molecule has 5 heteroatoms. The van der Waals surface area contributed by atoms with E-state index in [4.69, 9.17) is 0 Å². The monoisotopic (exact) mass is 348 g/mol. The van der Waals surface area contributed by atoms with Gasteiger partial charge in [-0.1, -0.05) is 15.9 Å². The van der Waals surface area contributed by atoms with Gasteiger partial charge in [0.05, 0.1) is 5.56 Å². The molecule has 0 fully saturated rings. The van der Waals surface area contributed by atoms with Crippen molar-refractivity contribution in [1.29, 1.82) is 0 Å². The molecule has 0 radical (unpaired) electrons. The number of carbonyl (C=O) groups is 1. The first-order valence-electron chi connectivity index (χ1n) is 4.83. The van der Waals surface area contributed by atoms with Gasteiger partial charge >= 0.3 is 0 Å². The van der Waals surface area contributed by atoms with Gasteiger partial charge in [-0.25, -0.2) is 0 Å². The maximum atomic E-state index is 12.1. The lowest BCUT2D eigenvalue weighted by atomic mass is 10.1. The van der Waals surface area contributed by atoms with Crippen molar-refractivity contribution < 1.29 is 4.79 Å². The van der Waals surface area contributed by atoms with Crippen molar-refractivity contribution in [3.8, 4) is 0 Å². The topological polar surface area (TPSA) is 33.2 Å². The Bertz CT molecular complexity index is 393. The molecule has 0 aliphatic rings. The first kappa shape index (κ1) is 13.6. The van der Waals surface area contributed by atoms with E-state index in [2.05, 4.69) is 36.8 Å². The second-order valence-corrected chi connectivity index (χ2v) is 5.68. The van der Waals surface area contributed by atoms with Crippen LogP contribution in [0.5, 0.6) is 0 Å². The van der Waals surface area contributed by atoms with E-state index in [-0.39, 0.29) is 11.4 Å². The molecule has 1 rings (SSSR count). The van der Waals surface area contributed by atoms with Crippen molar-refractivity contribution in [3.05, 3.63) is 28.5 Å². The van der Waals surface area contributed by atoms with Crippen LogP contribution < -0.4 is 0 Å². The number of carbonyl (C=O) groups excluding carboxylic acids is 1. The number of aromatic nitrogens is 1. The molecule has 0 atom stereocenters. The summed E-state index contributed by atoms with van der Waals surface area (Å²) in [5, 5.41) is 0.726. The Morgan fingerprint density at radius 2 is 2.12 bits per heavy atom. The zero-order valence-electron chi connectivity index (χ0n) is 9.50. The van der Waals surface area contributed by atoms with Gasteiger partial charge < -0.3 is 4.90 Å². The molecule has 16 heavy (non-hydrogen) atoms. The number of hydrogen-bond acceptors (Lipinski definition) is 2. The Balaban J connectivity index is 2.95. The van der Waals surface area contributed by atoms with Crippen LogP contribution in [0.4, 0.5) is 0 Å². The molecule has 0 aromatic carbocycles. The Morgan fingerprint density at radius 1 is 1.50 bits per heavy atom. The molecular weight excluding hydrogens is 336 g/mol.